The smallest absolute Gasteiger partial charge is 0.146 e. The Morgan fingerprint density at radius 2 is 1.95 bits per heavy atom. The van der Waals surface area contributed by atoms with E-state index in [0.29, 0.717) is 5.69 Å². The van der Waals surface area contributed by atoms with Gasteiger partial charge in [-0.15, -0.1) is 35.0 Å². The molecule has 0 aromatic heterocycles. The highest BCUT2D eigenvalue weighted by Crippen LogP contribution is 2.65. The molecule has 0 radical (unpaired) electrons. The number of hydrogen-bond acceptors (Lipinski definition) is 3. The maximum atomic E-state index is 14.3. The SMILES string of the molecule is Cc1cc(F)c(N2CCNCC2)cc1SCC1(C)CC1(Cl)Cl. The predicted molar refractivity (Wildman–Crippen MR) is 94.1 cm³/mol. The molecule has 0 spiro atoms. The van der Waals surface area contributed by atoms with E-state index in [4.69, 9.17) is 23.2 Å². The maximum absolute atomic E-state index is 14.3. The summed E-state index contributed by atoms with van der Waals surface area (Å²) in [5, 5.41) is 3.29. The molecule has 1 heterocycles. The van der Waals surface area contributed by atoms with Gasteiger partial charge in [-0.25, -0.2) is 4.39 Å². The Balaban J connectivity index is 1.76. The fraction of sp³-hybridized carbons (Fsp3) is 0.625. The van der Waals surface area contributed by atoms with Crippen LogP contribution in [0.1, 0.15) is 18.9 Å². The molecule has 1 atom stereocenters. The molecule has 1 saturated carbocycles. The second kappa shape index (κ2) is 6.04. The molecule has 3 rings (SSSR count). The molecule has 1 aliphatic heterocycles. The quantitative estimate of drug-likeness (QED) is 0.637. The summed E-state index contributed by atoms with van der Waals surface area (Å²) in [5.74, 6) is 0.721. The average molecular weight is 363 g/mol. The van der Waals surface area contributed by atoms with E-state index in [9.17, 15) is 4.39 Å². The van der Waals surface area contributed by atoms with Crippen molar-refractivity contribution in [3.05, 3.63) is 23.5 Å². The number of rotatable bonds is 4. The third-order valence-corrected chi connectivity index (χ3v) is 7.33. The van der Waals surface area contributed by atoms with Crippen molar-refractivity contribution in [3.63, 3.8) is 0 Å². The van der Waals surface area contributed by atoms with Gasteiger partial charge in [0.15, 0.2) is 0 Å². The molecule has 1 aliphatic carbocycles. The summed E-state index contributed by atoms with van der Waals surface area (Å²) < 4.78 is 13.7. The Bertz CT molecular complexity index is 576. The number of anilines is 1. The molecule has 1 saturated heterocycles. The lowest BCUT2D eigenvalue weighted by molar-refractivity contribution is 0.565. The summed E-state index contributed by atoms with van der Waals surface area (Å²) in [6.07, 6.45) is 0.820. The Labute approximate surface area is 145 Å². The monoisotopic (exact) mass is 362 g/mol. The highest BCUT2D eigenvalue weighted by Gasteiger charge is 2.62. The molecule has 2 aliphatic rings. The minimum Gasteiger partial charge on any atom is -0.367 e. The molecule has 2 fully saturated rings. The molecular formula is C16H21Cl2FN2S. The number of piperazine rings is 1. The number of alkyl halides is 2. The van der Waals surface area contributed by atoms with Crippen LogP contribution in [-0.2, 0) is 0 Å². The number of halogens is 3. The topological polar surface area (TPSA) is 15.3 Å². The lowest BCUT2D eigenvalue weighted by Crippen LogP contribution is -2.43. The molecule has 0 bridgehead atoms. The fourth-order valence-electron chi connectivity index (χ4n) is 2.79. The van der Waals surface area contributed by atoms with Crippen LogP contribution in [0.3, 0.4) is 0 Å². The van der Waals surface area contributed by atoms with E-state index >= 15 is 0 Å². The van der Waals surface area contributed by atoms with Crippen LogP contribution in [0.5, 0.6) is 0 Å². The molecular weight excluding hydrogens is 342 g/mol. The number of aryl methyl sites for hydroxylation is 1. The van der Waals surface area contributed by atoms with Gasteiger partial charge in [-0.3, -0.25) is 0 Å². The largest absolute Gasteiger partial charge is 0.367 e. The van der Waals surface area contributed by atoms with Gasteiger partial charge in [-0.1, -0.05) is 6.92 Å². The first kappa shape index (κ1) is 16.7. The van der Waals surface area contributed by atoms with Crippen LogP contribution in [-0.4, -0.2) is 36.3 Å². The first-order valence-electron chi connectivity index (χ1n) is 7.59. The van der Waals surface area contributed by atoms with E-state index in [2.05, 4.69) is 17.1 Å². The molecule has 22 heavy (non-hydrogen) atoms. The molecule has 1 unspecified atom stereocenters. The summed E-state index contributed by atoms with van der Waals surface area (Å²) in [4.78, 5) is 3.23. The first-order chi connectivity index (χ1) is 10.3. The second-order valence-corrected chi connectivity index (χ2v) is 9.04. The second-order valence-electron chi connectivity index (χ2n) is 6.54. The van der Waals surface area contributed by atoms with Gasteiger partial charge in [0.2, 0.25) is 0 Å². The van der Waals surface area contributed by atoms with Crippen LogP contribution < -0.4 is 10.2 Å². The lowest BCUT2D eigenvalue weighted by atomic mass is 10.2. The number of benzene rings is 1. The Morgan fingerprint density at radius 1 is 1.32 bits per heavy atom. The highest BCUT2D eigenvalue weighted by atomic mass is 35.5. The van der Waals surface area contributed by atoms with E-state index in [1.165, 1.54) is 0 Å². The molecule has 0 amide bonds. The van der Waals surface area contributed by atoms with Gasteiger partial charge in [-0.2, -0.15) is 0 Å². The third-order valence-electron chi connectivity index (χ3n) is 4.62. The van der Waals surface area contributed by atoms with Crippen LogP contribution in [0.4, 0.5) is 10.1 Å². The summed E-state index contributed by atoms with van der Waals surface area (Å²) in [7, 11) is 0. The zero-order valence-electron chi connectivity index (χ0n) is 12.9. The van der Waals surface area contributed by atoms with Crippen LogP contribution in [0.15, 0.2) is 17.0 Å². The normalized spacial score (nSPS) is 27.0. The van der Waals surface area contributed by atoms with Gasteiger partial charge < -0.3 is 10.2 Å². The zero-order valence-corrected chi connectivity index (χ0v) is 15.2. The number of nitrogens with one attached hydrogen (secondary N) is 1. The van der Waals surface area contributed by atoms with Gasteiger partial charge in [0.1, 0.15) is 10.2 Å². The molecule has 1 aromatic rings. The lowest BCUT2D eigenvalue weighted by Gasteiger charge is -2.30. The summed E-state index contributed by atoms with van der Waals surface area (Å²) in [6.45, 7) is 7.54. The van der Waals surface area contributed by atoms with Crippen LogP contribution in [0.25, 0.3) is 0 Å². The van der Waals surface area contributed by atoms with Gasteiger partial charge >= 0.3 is 0 Å². The average Bonchev–Trinajstić information content (AvgIpc) is 2.97. The molecule has 1 N–H and O–H groups in total. The molecule has 1 aromatic carbocycles. The first-order valence-corrected chi connectivity index (χ1v) is 9.33. The highest BCUT2D eigenvalue weighted by molar-refractivity contribution is 7.99. The molecule has 2 nitrogen and oxygen atoms in total. The predicted octanol–water partition coefficient (Wildman–Crippen LogP) is 4.22. The molecule has 6 heteroatoms. The fourth-order valence-corrected chi connectivity index (χ4v) is 4.97. The van der Waals surface area contributed by atoms with Crippen LogP contribution >= 0.6 is 35.0 Å². The van der Waals surface area contributed by atoms with E-state index in [1.54, 1.807) is 17.8 Å². The summed E-state index contributed by atoms with van der Waals surface area (Å²) >= 11 is 14.1. The van der Waals surface area contributed by atoms with Crippen molar-refractivity contribution in [1.82, 2.24) is 5.32 Å². The minimum atomic E-state index is -0.602. The van der Waals surface area contributed by atoms with Crippen molar-refractivity contribution in [1.29, 1.82) is 0 Å². The van der Waals surface area contributed by atoms with Crippen molar-refractivity contribution in [2.75, 3.05) is 36.8 Å². The van der Waals surface area contributed by atoms with Gasteiger partial charge in [0.25, 0.3) is 0 Å². The van der Waals surface area contributed by atoms with Gasteiger partial charge in [-0.05, 0) is 31.0 Å². The van der Waals surface area contributed by atoms with Crippen molar-refractivity contribution in [2.45, 2.75) is 29.5 Å². The van der Waals surface area contributed by atoms with Crippen molar-refractivity contribution in [2.24, 2.45) is 5.41 Å². The zero-order chi connectivity index (χ0) is 16.0. The summed E-state index contributed by atoms with van der Waals surface area (Å²) in [6, 6.07) is 3.63. The van der Waals surface area contributed by atoms with Crippen molar-refractivity contribution < 1.29 is 4.39 Å². The van der Waals surface area contributed by atoms with Gasteiger partial charge in [0.05, 0.1) is 5.69 Å². The van der Waals surface area contributed by atoms with E-state index in [1.807, 2.05) is 13.0 Å². The standard InChI is InChI=1S/C16H21Cl2FN2S/c1-11-7-12(19)13(21-5-3-20-4-6-21)8-14(11)22-10-15(2)9-16(15,17)18/h7-8,20H,3-6,9-10H2,1-2H3. The minimum absolute atomic E-state index is 0.0448. The number of nitrogens with zero attached hydrogens (tertiary/aromatic N) is 1. The Hall–Kier alpha value is -0.160. The van der Waals surface area contributed by atoms with Crippen molar-refractivity contribution in [3.8, 4) is 0 Å². The van der Waals surface area contributed by atoms with E-state index in [0.717, 1.165) is 48.8 Å². The van der Waals surface area contributed by atoms with Crippen molar-refractivity contribution >= 4 is 40.7 Å². The number of thioether (sulfide) groups is 1. The Kier molecular flexibility index (Phi) is 4.59. The number of hydrogen-bond donors (Lipinski definition) is 1. The molecule has 122 valence electrons. The van der Waals surface area contributed by atoms with Crippen LogP contribution in [0.2, 0.25) is 0 Å². The third kappa shape index (κ3) is 3.21. The summed E-state index contributed by atoms with van der Waals surface area (Å²) in [5.41, 5.74) is 1.63. The Morgan fingerprint density at radius 3 is 2.55 bits per heavy atom. The van der Waals surface area contributed by atoms with Gasteiger partial charge in [0, 0.05) is 42.2 Å². The maximum Gasteiger partial charge on any atom is 0.146 e. The van der Waals surface area contributed by atoms with E-state index in [-0.39, 0.29) is 11.2 Å². The van der Waals surface area contributed by atoms with Crippen LogP contribution in [0, 0.1) is 18.2 Å². The van der Waals surface area contributed by atoms with E-state index < -0.39 is 4.33 Å².